The summed E-state index contributed by atoms with van der Waals surface area (Å²) in [5.41, 5.74) is -0.126. The number of ether oxygens (including phenoxy) is 1. The molecule has 0 spiro atoms. The highest BCUT2D eigenvalue weighted by Gasteiger charge is 2.55. The molecule has 2 unspecified atom stereocenters. The largest absolute Gasteiger partial charge is 0.381 e. The monoisotopic (exact) mass is 355 g/mol. The molecule has 1 saturated carbocycles. The lowest BCUT2D eigenvalue weighted by Gasteiger charge is -2.41. The van der Waals surface area contributed by atoms with Crippen LogP contribution in [0.3, 0.4) is 0 Å². The van der Waals surface area contributed by atoms with E-state index in [9.17, 15) is 10.1 Å². The zero-order chi connectivity index (χ0) is 18.1. The zero-order valence-electron chi connectivity index (χ0n) is 15.2. The molecule has 7 heteroatoms. The molecule has 4 rings (SSSR count). The summed E-state index contributed by atoms with van der Waals surface area (Å²) in [5, 5.41) is 9.36. The fraction of sp³-hybridized carbons (Fsp3) is 0.684. The van der Waals surface area contributed by atoms with Crippen LogP contribution in [0.4, 0.5) is 5.82 Å². The fourth-order valence-electron chi connectivity index (χ4n) is 4.91. The van der Waals surface area contributed by atoms with Gasteiger partial charge >= 0.3 is 0 Å². The van der Waals surface area contributed by atoms with Crippen LogP contribution in [-0.4, -0.2) is 60.2 Å². The average molecular weight is 355 g/mol. The maximum Gasteiger partial charge on any atom is 0.231 e. The molecule has 1 aromatic heterocycles. The van der Waals surface area contributed by atoms with Crippen LogP contribution >= 0.6 is 0 Å². The Labute approximate surface area is 154 Å². The molecule has 1 aromatic rings. The number of rotatable bonds is 3. The summed E-state index contributed by atoms with van der Waals surface area (Å²) in [6.45, 7) is 2.46. The van der Waals surface area contributed by atoms with Crippen molar-refractivity contribution in [1.29, 1.82) is 5.26 Å². The molecular formula is C19H25N5O2. The van der Waals surface area contributed by atoms with Gasteiger partial charge < -0.3 is 14.5 Å². The van der Waals surface area contributed by atoms with E-state index in [0.717, 1.165) is 19.3 Å². The van der Waals surface area contributed by atoms with Gasteiger partial charge in [-0.15, -0.1) is 0 Å². The SMILES string of the molecule is CN(C(=O)C12CCOCC1CN(c1nccnc1C#N)C2)C1CCCC1. The van der Waals surface area contributed by atoms with Crippen molar-refractivity contribution in [1.82, 2.24) is 14.9 Å². The Balaban J connectivity index is 1.63. The lowest BCUT2D eigenvalue weighted by molar-refractivity contribution is -0.151. The fourth-order valence-corrected chi connectivity index (χ4v) is 4.91. The quantitative estimate of drug-likeness (QED) is 0.819. The number of nitriles is 1. The first kappa shape index (κ1) is 17.2. The van der Waals surface area contributed by atoms with Gasteiger partial charge in [0.1, 0.15) is 6.07 Å². The molecule has 0 N–H and O–H groups in total. The van der Waals surface area contributed by atoms with Crippen molar-refractivity contribution in [3.05, 3.63) is 18.1 Å². The Hall–Kier alpha value is -2.20. The molecule has 0 bridgehead atoms. The molecule has 2 aliphatic heterocycles. The van der Waals surface area contributed by atoms with Gasteiger partial charge in [-0.2, -0.15) is 5.26 Å². The van der Waals surface area contributed by atoms with Crippen LogP contribution in [0.25, 0.3) is 0 Å². The second-order valence-electron chi connectivity index (χ2n) is 7.75. The molecule has 3 aliphatic rings. The van der Waals surface area contributed by atoms with Crippen LogP contribution in [0.15, 0.2) is 12.4 Å². The predicted octanol–water partition coefficient (Wildman–Crippen LogP) is 1.59. The van der Waals surface area contributed by atoms with Crippen LogP contribution in [0.2, 0.25) is 0 Å². The van der Waals surface area contributed by atoms with Gasteiger partial charge in [0.2, 0.25) is 5.91 Å². The number of amides is 1. The number of aromatic nitrogens is 2. The minimum Gasteiger partial charge on any atom is -0.381 e. The van der Waals surface area contributed by atoms with Gasteiger partial charge in [0.25, 0.3) is 0 Å². The Kier molecular flexibility index (Phi) is 4.53. The standard InChI is InChI=1S/C19H25N5O2/c1-23(15-4-2-3-5-15)18(25)19-6-9-26-12-14(19)11-24(13-19)17-16(10-20)21-7-8-22-17/h7-8,14-15H,2-6,9,11-13H2,1H3. The van der Waals surface area contributed by atoms with Crippen LogP contribution in [0, 0.1) is 22.7 Å². The number of anilines is 1. The molecule has 3 fully saturated rings. The van der Waals surface area contributed by atoms with Crippen molar-refractivity contribution in [2.75, 3.05) is 38.3 Å². The molecule has 2 saturated heterocycles. The molecule has 1 amide bonds. The maximum absolute atomic E-state index is 13.6. The van der Waals surface area contributed by atoms with Crippen molar-refractivity contribution >= 4 is 11.7 Å². The van der Waals surface area contributed by atoms with Gasteiger partial charge in [0.15, 0.2) is 11.5 Å². The third-order valence-electron chi connectivity index (χ3n) is 6.41. The van der Waals surface area contributed by atoms with Crippen molar-refractivity contribution in [3.8, 4) is 6.07 Å². The Morgan fingerprint density at radius 3 is 2.92 bits per heavy atom. The Bertz CT molecular complexity index is 727. The molecular weight excluding hydrogens is 330 g/mol. The van der Waals surface area contributed by atoms with Crippen molar-refractivity contribution in [2.24, 2.45) is 11.3 Å². The Morgan fingerprint density at radius 2 is 2.15 bits per heavy atom. The van der Waals surface area contributed by atoms with E-state index in [0.29, 0.717) is 43.9 Å². The average Bonchev–Trinajstić information content (AvgIpc) is 3.35. The summed E-state index contributed by atoms with van der Waals surface area (Å²) in [6, 6.07) is 2.48. The minimum atomic E-state index is -0.445. The predicted molar refractivity (Wildman–Crippen MR) is 95.3 cm³/mol. The maximum atomic E-state index is 13.6. The minimum absolute atomic E-state index is 0.126. The Morgan fingerprint density at radius 1 is 1.38 bits per heavy atom. The molecule has 1 aliphatic carbocycles. The zero-order valence-corrected chi connectivity index (χ0v) is 15.2. The smallest absolute Gasteiger partial charge is 0.231 e. The van der Waals surface area contributed by atoms with Crippen molar-refractivity contribution in [2.45, 2.75) is 38.1 Å². The van der Waals surface area contributed by atoms with E-state index >= 15 is 0 Å². The molecule has 3 heterocycles. The van der Waals surface area contributed by atoms with E-state index in [2.05, 4.69) is 20.9 Å². The van der Waals surface area contributed by atoms with E-state index < -0.39 is 5.41 Å². The van der Waals surface area contributed by atoms with E-state index in [1.54, 1.807) is 6.20 Å². The normalized spacial score (nSPS) is 28.6. The van der Waals surface area contributed by atoms with Crippen LogP contribution in [0.1, 0.15) is 37.8 Å². The number of nitrogens with zero attached hydrogens (tertiary/aromatic N) is 5. The highest BCUT2D eigenvalue weighted by molar-refractivity contribution is 5.85. The van der Waals surface area contributed by atoms with E-state index in [4.69, 9.17) is 4.74 Å². The number of fused-ring (bicyclic) bond motifs is 1. The molecule has 26 heavy (non-hydrogen) atoms. The number of hydrogen-bond donors (Lipinski definition) is 0. The van der Waals surface area contributed by atoms with Crippen LogP contribution in [-0.2, 0) is 9.53 Å². The van der Waals surface area contributed by atoms with Crippen LogP contribution < -0.4 is 4.90 Å². The topological polar surface area (TPSA) is 82.3 Å². The first-order chi connectivity index (χ1) is 12.7. The van der Waals surface area contributed by atoms with Gasteiger partial charge in [-0.05, 0) is 19.3 Å². The number of carbonyl (C=O) groups is 1. The second-order valence-corrected chi connectivity index (χ2v) is 7.75. The third kappa shape index (κ3) is 2.73. The first-order valence-electron chi connectivity index (χ1n) is 9.47. The lowest BCUT2D eigenvalue weighted by atomic mass is 9.73. The summed E-state index contributed by atoms with van der Waals surface area (Å²) in [7, 11) is 1.96. The number of carbonyl (C=O) groups excluding carboxylic acids is 1. The van der Waals surface area contributed by atoms with Crippen molar-refractivity contribution in [3.63, 3.8) is 0 Å². The van der Waals surface area contributed by atoms with Gasteiger partial charge in [-0.3, -0.25) is 4.79 Å². The molecule has 2 atom stereocenters. The van der Waals surface area contributed by atoms with E-state index in [1.807, 2.05) is 11.9 Å². The highest BCUT2D eigenvalue weighted by atomic mass is 16.5. The summed E-state index contributed by atoms with van der Waals surface area (Å²) in [6.07, 6.45) is 8.49. The molecule has 0 aromatic carbocycles. The summed E-state index contributed by atoms with van der Waals surface area (Å²) >= 11 is 0. The first-order valence-corrected chi connectivity index (χ1v) is 9.47. The van der Waals surface area contributed by atoms with Gasteiger partial charge in [0, 0.05) is 51.1 Å². The van der Waals surface area contributed by atoms with E-state index in [-0.39, 0.29) is 11.8 Å². The molecule has 7 nitrogen and oxygen atoms in total. The second kappa shape index (κ2) is 6.84. The summed E-state index contributed by atoms with van der Waals surface area (Å²) in [5.74, 6) is 0.948. The lowest BCUT2D eigenvalue weighted by Crippen LogP contribution is -2.53. The molecule has 138 valence electrons. The van der Waals surface area contributed by atoms with Gasteiger partial charge in [-0.25, -0.2) is 9.97 Å². The van der Waals surface area contributed by atoms with Crippen molar-refractivity contribution < 1.29 is 9.53 Å². The number of hydrogen-bond acceptors (Lipinski definition) is 6. The van der Waals surface area contributed by atoms with Gasteiger partial charge in [0.05, 0.1) is 12.0 Å². The van der Waals surface area contributed by atoms with E-state index in [1.165, 1.54) is 19.0 Å². The molecule has 0 radical (unpaired) electrons. The summed E-state index contributed by atoms with van der Waals surface area (Å²) < 4.78 is 5.71. The third-order valence-corrected chi connectivity index (χ3v) is 6.41. The highest BCUT2D eigenvalue weighted by Crippen LogP contribution is 2.45. The van der Waals surface area contributed by atoms with Crippen LogP contribution in [0.5, 0.6) is 0 Å². The van der Waals surface area contributed by atoms with Gasteiger partial charge in [-0.1, -0.05) is 12.8 Å². The summed E-state index contributed by atoms with van der Waals surface area (Å²) in [4.78, 5) is 26.1.